The second-order valence-electron chi connectivity index (χ2n) is 7.23. The summed E-state index contributed by atoms with van der Waals surface area (Å²) in [6.07, 6.45) is 3.63. The fourth-order valence-electron chi connectivity index (χ4n) is 3.51. The molecule has 32 heavy (non-hydrogen) atoms. The van der Waals surface area contributed by atoms with Crippen LogP contribution in [0, 0.1) is 0 Å². The van der Waals surface area contributed by atoms with Gasteiger partial charge in [0.05, 0.1) is 17.7 Å². The van der Waals surface area contributed by atoms with E-state index in [4.69, 9.17) is 20.4 Å². The number of rotatable bonds is 6. The van der Waals surface area contributed by atoms with Crippen LogP contribution in [0.3, 0.4) is 0 Å². The lowest BCUT2D eigenvalue weighted by molar-refractivity contribution is 0.217. The predicted molar refractivity (Wildman–Crippen MR) is 128 cm³/mol. The second-order valence-corrected chi connectivity index (χ2v) is 9.99. The number of thiophene rings is 1. The van der Waals surface area contributed by atoms with E-state index < -0.39 is 11.2 Å². The van der Waals surface area contributed by atoms with Gasteiger partial charge in [-0.15, -0.1) is 0 Å². The van der Waals surface area contributed by atoms with Gasteiger partial charge in [0.25, 0.3) is 0 Å². The van der Waals surface area contributed by atoms with Crippen LogP contribution >= 0.6 is 11.3 Å². The van der Waals surface area contributed by atoms with Gasteiger partial charge in [0.2, 0.25) is 4.21 Å². The second kappa shape index (κ2) is 8.47. The molecular formula is C22H20N6O2S2. The van der Waals surface area contributed by atoms with E-state index in [2.05, 4.69) is 10.1 Å². The van der Waals surface area contributed by atoms with Gasteiger partial charge in [-0.1, -0.05) is 41.7 Å². The van der Waals surface area contributed by atoms with Crippen molar-refractivity contribution >= 4 is 49.5 Å². The van der Waals surface area contributed by atoms with Gasteiger partial charge in [-0.25, -0.2) is 15.0 Å². The summed E-state index contributed by atoms with van der Waals surface area (Å²) in [4.78, 5) is 14.8. The van der Waals surface area contributed by atoms with Crippen molar-refractivity contribution in [1.29, 1.82) is 0 Å². The third kappa shape index (κ3) is 3.71. The molecule has 4 heterocycles. The molecule has 5 rings (SSSR count). The summed E-state index contributed by atoms with van der Waals surface area (Å²) < 4.78 is 20.2. The Hall–Kier alpha value is -3.05. The van der Waals surface area contributed by atoms with Crippen LogP contribution in [0.1, 0.15) is 0 Å². The maximum atomic E-state index is 12.8. The third-order valence-corrected chi connectivity index (χ3v) is 7.89. The van der Waals surface area contributed by atoms with Gasteiger partial charge in [0, 0.05) is 54.2 Å². The van der Waals surface area contributed by atoms with Crippen LogP contribution in [0.2, 0.25) is 0 Å². The molecule has 10 heteroatoms. The minimum Gasteiger partial charge on any atom is -0.611 e. The fourth-order valence-corrected chi connectivity index (χ4v) is 6.05. The standard InChI is InChI=1S/C22H20N6O2S2/c1-28-12-15-10-14(11-24-19(15)27-28)20-25-18(13-6-4-3-5-7-13)16-17(23)22(31-21(16)26-20)32(29)9-8-30-2/h3-7,10-12H,8-9,23H2,1-2H3/t32-/m1/s1. The topological polar surface area (TPSA) is 115 Å². The van der Waals surface area contributed by atoms with Crippen LogP contribution in [0.15, 0.2) is 53.0 Å². The smallest absolute Gasteiger partial charge is 0.232 e. The van der Waals surface area contributed by atoms with Crippen molar-refractivity contribution in [2.75, 3.05) is 25.2 Å². The van der Waals surface area contributed by atoms with Gasteiger partial charge < -0.3 is 15.0 Å². The Labute approximate surface area is 191 Å². The highest BCUT2D eigenvalue weighted by Crippen LogP contribution is 2.42. The van der Waals surface area contributed by atoms with Gasteiger partial charge in [0.15, 0.2) is 11.5 Å². The fraction of sp³-hybridized carbons (Fsp3) is 0.182. The van der Waals surface area contributed by atoms with Gasteiger partial charge in [-0.05, 0) is 6.07 Å². The Balaban J connectivity index is 1.72. The maximum absolute atomic E-state index is 12.8. The van der Waals surface area contributed by atoms with E-state index in [0.29, 0.717) is 44.3 Å². The highest BCUT2D eigenvalue weighted by atomic mass is 32.2. The van der Waals surface area contributed by atoms with Crippen molar-refractivity contribution in [3.8, 4) is 22.6 Å². The molecule has 8 nitrogen and oxygen atoms in total. The van der Waals surface area contributed by atoms with E-state index in [1.54, 1.807) is 18.0 Å². The highest BCUT2D eigenvalue weighted by Gasteiger charge is 2.25. The van der Waals surface area contributed by atoms with Crippen LogP contribution in [-0.2, 0) is 23.0 Å². The molecule has 0 amide bonds. The number of pyridine rings is 1. The summed E-state index contributed by atoms with van der Waals surface area (Å²) in [6, 6.07) is 11.8. The zero-order chi connectivity index (χ0) is 22.2. The lowest BCUT2D eigenvalue weighted by Gasteiger charge is -2.09. The van der Waals surface area contributed by atoms with Gasteiger partial charge in [0.1, 0.15) is 16.3 Å². The van der Waals surface area contributed by atoms with E-state index in [1.807, 2.05) is 49.6 Å². The maximum Gasteiger partial charge on any atom is 0.232 e. The first kappa shape index (κ1) is 20.8. The van der Waals surface area contributed by atoms with Crippen molar-refractivity contribution in [2.24, 2.45) is 7.05 Å². The number of aromatic nitrogens is 5. The Morgan fingerprint density at radius 1 is 1.19 bits per heavy atom. The van der Waals surface area contributed by atoms with Gasteiger partial charge in [-0.2, -0.15) is 5.10 Å². The molecule has 0 radical (unpaired) electrons. The molecular weight excluding hydrogens is 444 g/mol. The SMILES string of the molecule is COCC[S@@+]([O-])c1sc2nc(-c3cnc4nn(C)cc4c3)nc(-c3ccccc3)c2c1N. The summed E-state index contributed by atoms with van der Waals surface area (Å²) in [5.74, 6) is 0.904. The number of nitrogens with zero attached hydrogens (tertiary/aromatic N) is 5. The summed E-state index contributed by atoms with van der Waals surface area (Å²) in [7, 11) is 3.45. The zero-order valence-corrected chi connectivity index (χ0v) is 19.1. The predicted octanol–water partition coefficient (Wildman–Crippen LogP) is 3.64. The van der Waals surface area contributed by atoms with Crippen LogP contribution in [-0.4, -0.2) is 48.8 Å². The monoisotopic (exact) mass is 464 g/mol. The number of nitrogen functional groups attached to an aromatic ring is 1. The molecule has 1 atom stereocenters. The van der Waals surface area contributed by atoms with E-state index >= 15 is 0 Å². The number of hydrogen-bond acceptors (Lipinski definition) is 8. The average molecular weight is 465 g/mol. The summed E-state index contributed by atoms with van der Waals surface area (Å²) >= 11 is 0.0574. The zero-order valence-electron chi connectivity index (χ0n) is 17.5. The minimum atomic E-state index is -1.28. The van der Waals surface area contributed by atoms with Crippen molar-refractivity contribution in [3.63, 3.8) is 0 Å². The van der Waals surface area contributed by atoms with E-state index in [0.717, 1.165) is 21.9 Å². The quantitative estimate of drug-likeness (QED) is 0.382. The first-order valence-corrected chi connectivity index (χ1v) is 12.0. The molecule has 1 aromatic carbocycles. The highest BCUT2D eigenvalue weighted by molar-refractivity contribution is 7.93. The number of benzene rings is 1. The molecule has 0 fully saturated rings. The molecule has 162 valence electrons. The molecule has 4 aromatic heterocycles. The number of anilines is 1. The van der Waals surface area contributed by atoms with Crippen LogP contribution < -0.4 is 5.73 Å². The molecule has 0 saturated carbocycles. The summed E-state index contributed by atoms with van der Waals surface area (Å²) in [6.45, 7) is 0.388. The van der Waals surface area contributed by atoms with E-state index in [1.165, 1.54) is 11.3 Å². The van der Waals surface area contributed by atoms with Gasteiger partial charge >= 0.3 is 0 Å². The molecule has 5 aromatic rings. The normalized spacial score (nSPS) is 12.6. The first-order valence-electron chi connectivity index (χ1n) is 9.87. The number of nitrogens with two attached hydrogens (primary N) is 1. The first-order chi connectivity index (χ1) is 15.5. The third-order valence-electron chi connectivity index (χ3n) is 5.01. The molecule has 0 saturated heterocycles. The van der Waals surface area contributed by atoms with Gasteiger partial charge in [-0.3, -0.25) is 4.68 Å². The largest absolute Gasteiger partial charge is 0.611 e. The molecule has 2 N–H and O–H groups in total. The van der Waals surface area contributed by atoms with Crippen molar-refractivity contribution in [3.05, 3.63) is 48.8 Å². The van der Waals surface area contributed by atoms with E-state index in [-0.39, 0.29) is 0 Å². The Morgan fingerprint density at radius 2 is 2.00 bits per heavy atom. The molecule has 0 aliphatic rings. The number of fused-ring (bicyclic) bond motifs is 2. The minimum absolute atomic E-state index is 0.371. The summed E-state index contributed by atoms with van der Waals surface area (Å²) in [5, 5.41) is 5.96. The van der Waals surface area contributed by atoms with Crippen LogP contribution in [0.25, 0.3) is 43.9 Å². The molecule has 0 bridgehead atoms. The molecule has 0 unspecified atom stereocenters. The number of aryl methyl sites for hydroxylation is 1. The van der Waals surface area contributed by atoms with Crippen molar-refractivity contribution < 1.29 is 9.29 Å². The number of methoxy groups -OCH3 is 1. The Kier molecular flexibility index (Phi) is 5.51. The lowest BCUT2D eigenvalue weighted by atomic mass is 10.1. The molecule has 0 spiro atoms. The van der Waals surface area contributed by atoms with Crippen molar-refractivity contribution in [1.82, 2.24) is 24.7 Å². The number of ether oxygens (including phenoxy) is 1. The van der Waals surface area contributed by atoms with Crippen LogP contribution in [0.4, 0.5) is 5.69 Å². The Bertz CT molecular complexity index is 1420. The average Bonchev–Trinajstić information content (AvgIpc) is 3.35. The van der Waals surface area contributed by atoms with E-state index in [9.17, 15) is 4.55 Å². The van der Waals surface area contributed by atoms with Crippen LogP contribution in [0.5, 0.6) is 0 Å². The Morgan fingerprint density at radius 3 is 2.78 bits per heavy atom. The number of hydrogen-bond donors (Lipinski definition) is 1. The lowest BCUT2D eigenvalue weighted by Crippen LogP contribution is -2.11. The summed E-state index contributed by atoms with van der Waals surface area (Å²) in [5.41, 5.74) is 10.0. The molecule has 0 aliphatic heterocycles. The molecule has 0 aliphatic carbocycles. The van der Waals surface area contributed by atoms with Crippen molar-refractivity contribution in [2.45, 2.75) is 4.21 Å².